The van der Waals surface area contributed by atoms with Gasteiger partial charge in [-0.2, -0.15) is 4.98 Å². The van der Waals surface area contributed by atoms with E-state index in [-0.39, 0.29) is 6.04 Å². The lowest BCUT2D eigenvalue weighted by molar-refractivity contribution is 0.130. The fourth-order valence-electron chi connectivity index (χ4n) is 1.78. The molecule has 0 amide bonds. The van der Waals surface area contributed by atoms with Crippen LogP contribution in [0.4, 0.5) is 0 Å². The van der Waals surface area contributed by atoms with Gasteiger partial charge >= 0.3 is 0 Å². The van der Waals surface area contributed by atoms with E-state index >= 15 is 0 Å². The standard InChI is InChI=1S/C11H19N3O2S/c1-2-15-7-8(12)10-13-11(16-14-10)9-5-3-4-6-17-9/h8-9H,2-7,12H2,1H3. The number of aromatic nitrogens is 2. The van der Waals surface area contributed by atoms with E-state index in [1.807, 2.05) is 18.7 Å². The maximum Gasteiger partial charge on any atom is 0.239 e. The highest BCUT2D eigenvalue weighted by Gasteiger charge is 2.23. The fourth-order valence-corrected chi connectivity index (χ4v) is 3.01. The first-order valence-electron chi connectivity index (χ1n) is 6.09. The molecule has 2 N–H and O–H groups in total. The summed E-state index contributed by atoms with van der Waals surface area (Å²) in [4.78, 5) is 4.38. The van der Waals surface area contributed by atoms with Crippen molar-refractivity contribution in [3.8, 4) is 0 Å². The molecule has 2 unspecified atom stereocenters. The van der Waals surface area contributed by atoms with Crippen LogP contribution in [0.1, 0.15) is 49.2 Å². The van der Waals surface area contributed by atoms with Crippen LogP contribution in [0, 0.1) is 0 Å². The highest BCUT2D eigenvalue weighted by Crippen LogP contribution is 2.37. The van der Waals surface area contributed by atoms with Crippen LogP contribution in [0.2, 0.25) is 0 Å². The molecule has 2 heterocycles. The lowest BCUT2D eigenvalue weighted by Gasteiger charge is -2.16. The molecule has 0 saturated carbocycles. The minimum Gasteiger partial charge on any atom is -0.380 e. The number of thioether (sulfide) groups is 1. The third-order valence-electron chi connectivity index (χ3n) is 2.75. The molecule has 17 heavy (non-hydrogen) atoms. The molecule has 0 aromatic carbocycles. The van der Waals surface area contributed by atoms with Crippen LogP contribution in [0.25, 0.3) is 0 Å². The second-order valence-electron chi connectivity index (χ2n) is 4.11. The van der Waals surface area contributed by atoms with Gasteiger partial charge < -0.3 is 15.0 Å². The van der Waals surface area contributed by atoms with Crippen LogP contribution in [0.5, 0.6) is 0 Å². The van der Waals surface area contributed by atoms with E-state index in [1.54, 1.807) is 0 Å². The smallest absolute Gasteiger partial charge is 0.239 e. The number of hydrogen-bond acceptors (Lipinski definition) is 6. The van der Waals surface area contributed by atoms with E-state index in [2.05, 4.69) is 10.1 Å². The molecular formula is C11H19N3O2S. The SMILES string of the molecule is CCOCC(N)c1noc(C2CCCCS2)n1. The number of nitrogens with zero attached hydrogens (tertiary/aromatic N) is 2. The third-order valence-corrected chi connectivity index (χ3v) is 4.11. The molecule has 0 bridgehead atoms. The molecule has 0 radical (unpaired) electrons. The Balaban J connectivity index is 1.94. The first-order chi connectivity index (χ1) is 8.31. The molecule has 5 nitrogen and oxygen atoms in total. The number of nitrogens with two attached hydrogens (primary N) is 1. The van der Waals surface area contributed by atoms with Crippen molar-refractivity contribution < 1.29 is 9.26 Å². The average molecular weight is 257 g/mol. The van der Waals surface area contributed by atoms with Crippen molar-refractivity contribution in [3.63, 3.8) is 0 Å². The molecule has 1 aromatic heterocycles. The van der Waals surface area contributed by atoms with E-state index in [1.165, 1.54) is 18.6 Å². The van der Waals surface area contributed by atoms with Crippen LogP contribution in [-0.2, 0) is 4.74 Å². The Morgan fingerprint density at radius 1 is 1.59 bits per heavy atom. The fraction of sp³-hybridized carbons (Fsp3) is 0.818. The van der Waals surface area contributed by atoms with Crippen molar-refractivity contribution in [3.05, 3.63) is 11.7 Å². The summed E-state index contributed by atoms with van der Waals surface area (Å²) in [6.45, 7) is 3.03. The second kappa shape index (κ2) is 6.37. The van der Waals surface area contributed by atoms with Crippen molar-refractivity contribution in [1.82, 2.24) is 10.1 Å². The summed E-state index contributed by atoms with van der Waals surface area (Å²) in [6.07, 6.45) is 3.64. The summed E-state index contributed by atoms with van der Waals surface area (Å²) in [5.41, 5.74) is 5.91. The maximum absolute atomic E-state index is 5.91. The van der Waals surface area contributed by atoms with Gasteiger partial charge in [-0.25, -0.2) is 0 Å². The number of hydrogen-bond donors (Lipinski definition) is 1. The normalized spacial score (nSPS) is 22.6. The summed E-state index contributed by atoms with van der Waals surface area (Å²) in [6, 6.07) is -0.291. The first kappa shape index (κ1) is 12.9. The van der Waals surface area contributed by atoms with Gasteiger partial charge in [-0.05, 0) is 25.5 Å². The molecule has 2 atom stereocenters. The lowest BCUT2D eigenvalue weighted by atomic mass is 10.2. The average Bonchev–Trinajstić information content (AvgIpc) is 2.86. The van der Waals surface area contributed by atoms with Gasteiger partial charge in [-0.3, -0.25) is 0 Å². The lowest BCUT2D eigenvalue weighted by Crippen LogP contribution is -2.18. The van der Waals surface area contributed by atoms with Crippen LogP contribution in [0.3, 0.4) is 0 Å². The van der Waals surface area contributed by atoms with Gasteiger partial charge in [0.2, 0.25) is 5.89 Å². The molecule has 1 aliphatic heterocycles. The summed E-state index contributed by atoms with van der Waals surface area (Å²) in [5.74, 6) is 2.45. The molecule has 6 heteroatoms. The number of ether oxygens (including phenoxy) is 1. The third kappa shape index (κ3) is 3.43. The molecule has 0 spiro atoms. The molecule has 2 rings (SSSR count). The zero-order valence-electron chi connectivity index (χ0n) is 10.1. The van der Waals surface area contributed by atoms with Crippen LogP contribution in [-0.4, -0.2) is 29.1 Å². The summed E-state index contributed by atoms with van der Waals surface area (Å²) in [5, 5.41) is 4.29. The minimum atomic E-state index is -0.291. The van der Waals surface area contributed by atoms with Crippen LogP contribution < -0.4 is 5.73 Å². The first-order valence-corrected chi connectivity index (χ1v) is 7.14. The highest BCUT2D eigenvalue weighted by molar-refractivity contribution is 7.99. The predicted molar refractivity (Wildman–Crippen MR) is 66.8 cm³/mol. The molecular weight excluding hydrogens is 238 g/mol. The number of rotatable bonds is 5. The maximum atomic E-state index is 5.91. The largest absolute Gasteiger partial charge is 0.380 e. The second-order valence-corrected chi connectivity index (χ2v) is 5.42. The Hall–Kier alpha value is -0.590. The van der Waals surface area contributed by atoms with Gasteiger partial charge in [0.05, 0.1) is 17.9 Å². The Morgan fingerprint density at radius 2 is 2.47 bits per heavy atom. The van der Waals surface area contributed by atoms with Crippen LogP contribution in [0.15, 0.2) is 4.52 Å². The minimum absolute atomic E-state index is 0.291. The van der Waals surface area contributed by atoms with E-state index < -0.39 is 0 Å². The molecule has 1 fully saturated rings. The van der Waals surface area contributed by atoms with E-state index in [0.717, 1.165) is 12.3 Å². The van der Waals surface area contributed by atoms with E-state index in [9.17, 15) is 0 Å². The van der Waals surface area contributed by atoms with Gasteiger partial charge in [-0.1, -0.05) is 11.6 Å². The predicted octanol–water partition coefficient (Wildman–Crippen LogP) is 2.06. The Morgan fingerprint density at radius 3 is 3.18 bits per heavy atom. The van der Waals surface area contributed by atoms with E-state index in [0.29, 0.717) is 24.3 Å². The van der Waals surface area contributed by atoms with Gasteiger partial charge in [0.15, 0.2) is 5.82 Å². The van der Waals surface area contributed by atoms with Crippen molar-refractivity contribution in [2.75, 3.05) is 19.0 Å². The van der Waals surface area contributed by atoms with E-state index in [4.69, 9.17) is 15.0 Å². The Bertz CT molecular complexity index is 339. The zero-order valence-corrected chi connectivity index (χ0v) is 10.9. The molecule has 96 valence electrons. The quantitative estimate of drug-likeness (QED) is 0.870. The summed E-state index contributed by atoms with van der Waals surface area (Å²) >= 11 is 1.89. The molecule has 1 saturated heterocycles. The van der Waals surface area contributed by atoms with Gasteiger partial charge in [0.1, 0.15) is 0 Å². The monoisotopic (exact) mass is 257 g/mol. The summed E-state index contributed by atoms with van der Waals surface area (Å²) < 4.78 is 10.5. The molecule has 1 aliphatic rings. The van der Waals surface area contributed by atoms with Crippen molar-refractivity contribution in [2.24, 2.45) is 5.73 Å². The summed E-state index contributed by atoms with van der Waals surface area (Å²) in [7, 11) is 0. The molecule has 0 aliphatic carbocycles. The van der Waals surface area contributed by atoms with Gasteiger partial charge in [0.25, 0.3) is 0 Å². The van der Waals surface area contributed by atoms with Gasteiger partial charge in [0, 0.05) is 6.61 Å². The highest BCUT2D eigenvalue weighted by atomic mass is 32.2. The topological polar surface area (TPSA) is 74.2 Å². The Kier molecular flexibility index (Phi) is 4.82. The van der Waals surface area contributed by atoms with Crippen molar-refractivity contribution in [2.45, 2.75) is 37.5 Å². The zero-order chi connectivity index (χ0) is 12.1. The Labute approximate surface area is 105 Å². The van der Waals surface area contributed by atoms with Crippen molar-refractivity contribution in [1.29, 1.82) is 0 Å². The van der Waals surface area contributed by atoms with Crippen LogP contribution >= 0.6 is 11.8 Å². The van der Waals surface area contributed by atoms with Crippen molar-refractivity contribution >= 4 is 11.8 Å². The van der Waals surface area contributed by atoms with Gasteiger partial charge in [-0.15, -0.1) is 11.8 Å². The molecule has 1 aromatic rings.